The van der Waals surface area contributed by atoms with Crippen LogP contribution in [0.2, 0.25) is 10.0 Å². The van der Waals surface area contributed by atoms with E-state index < -0.39 is 0 Å². The number of halogens is 2. The first kappa shape index (κ1) is 15.1. The minimum absolute atomic E-state index is 0.204. The van der Waals surface area contributed by atoms with Crippen LogP contribution in [0.4, 0.5) is 0 Å². The number of methoxy groups -OCH3 is 1. The number of carbonyl (C=O) groups excluding carboxylic acids is 2. The van der Waals surface area contributed by atoms with Gasteiger partial charge >= 0.3 is 5.97 Å². The van der Waals surface area contributed by atoms with Crippen LogP contribution in [0.5, 0.6) is 0 Å². The maximum absolute atomic E-state index is 12.7. The Bertz CT molecular complexity index is 767. The molecule has 0 spiro atoms. The molecule has 0 aliphatic carbocycles. The van der Waals surface area contributed by atoms with E-state index in [4.69, 9.17) is 27.9 Å². The van der Waals surface area contributed by atoms with Crippen molar-refractivity contribution in [3.8, 4) is 0 Å². The molecule has 0 saturated heterocycles. The minimum Gasteiger partial charge on any atom is -0.469 e. The average molecular weight is 338 g/mol. The third-order valence-corrected chi connectivity index (χ3v) is 4.39. The number of benzene rings is 1. The number of ether oxygens (including phenoxy) is 1. The number of hydrogen-bond donors (Lipinski definition) is 0. The molecule has 0 radical (unpaired) electrons. The van der Waals surface area contributed by atoms with Crippen molar-refractivity contribution in [3.05, 3.63) is 57.3 Å². The van der Waals surface area contributed by atoms with Crippen LogP contribution in [0.15, 0.2) is 30.3 Å². The van der Waals surface area contributed by atoms with Crippen molar-refractivity contribution in [3.63, 3.8) is 0 Å². The molecule has 1 atom stereocenters. The summed E-state index contributed by atoms with van der Waals surface area (Å²) in [6, 6.07) is 8.39. The summed E-state index contributed by atoms with van der Waals surface area (Å²) in [5, 5.41) is 0.830. The van der Waals surface area contributed by atoms with E-state index in [2.05, 4.69) is 0 Å². The summed E-state index contributed by atoms with van der Waals surface area (Å²) in [6.45, 7) is 0.559. The Hall–Kier alpha value is -1.78. The standard InChI is InChI=1S/C16H13Cl2NO3/c1-22-16(21)11-5-6-19-13(11)8-12(18)14(19)15(20)9-3-2-4-10(17)7-9/h2-4,7-8,11H,5-6H2,1H3. The molecule has 114 valence electrons. The average Bonchev–Trinajstić information content (AvgIpc) is 3.03. The Kier molecular flexibility index (Phi) is 3.98. The number of carbonyl (C=O) groups is 2. The highest BCUT2D eigenvalue weighted by molar-refractivity contribution is 6.35. The van der Waals surface area contributed by atoms with Crippen LogP contribution in [0.1, 0.15) is 34.1 Å². The molecular formula is C16H13Cl2NO3. The summed E-state index contributed by atoms with van der Waals surface area (Å²) in [5.41, 5.74) is 1.59. The largest absolute Gasteiger partial charge is 0.469 e. The predicted molar refractivity (Wildman–Crippen MR) is 83.7 cm³/mol. The topological polar surface area (TPSA) is 48.3 Å². The van der Waals surface area contributed by atoms with Crippen molar-refractivity contribution in [1.29, 1.82) is 0 Å². The lowest BCUT2D eigenvalue weighted by atomic mass is 10.1. The third-order valence-electron chi connectivity index (χ3n) is 3.87. The van der Waals surface area contributed by atoms with E-state index in [-0.39, 0.29) is 17.7 Å². The number of nitrogens with zero attached hydrogens (tertiary/aromatic N) is 1. The van der Waals surface area contributed by atoms with Crippen LogP contribution in [0, 0.1) is 0 Å². The predicted octanol–water partition coefficient (Wildman–Crippen LogP) is 3.69. The zero-order valence-electron chi connectivity index (χ0n) is 11.8. The van der Waals surface area contributed by atoms with E-state index in [1.54, 1.807) is 34.9 Å². The van der Waals surface area contributed by atoms with Gasteiger partial charge in [-0.3, -0.25) is 9.59 Å². The number of aromatic nitrogens is 1. The normalized spacial score (nSPS) is 16.4. The summed E-state index contributed by atoms with van der Waals surface area (Å²) < 4.78 is 6.60. The lowest BCUT2D eigenvalue weighted by Gasteiger charge is -2.07. The van der Waals surface area contributed by atoms with Crippen molar-refractivity contribution in [2.24, 2.45) is 0 Å². The molecule has 2 aromatic rings. The van der Waals surface area contributed by atoms with E-state index in [0.717, 1.165) is 5.69 Å². The molecule has 0 saturated carbocycles. The minimum atomic E-state index is -0.372. The van der Waals surface area contributed by atoms with Crippen molar-refractivity contribution in [2.45, 2.75) is 18.9 Å². The molecule has 0 bridgehead atoms. The van der Waals surface area contributed by atoms with Gasteiger partial charge in [0.25, 0.3) is 0 Å². The van der Waals surface area contributed by atoms with Crippen LogP contribution in [0.3, 0.4) is 0 Å². The number of ketones is 1. The van der Waals surface area contributed by atoms with Gasteiger partial charge in [-0.05, 0) is 24.6 Å². The fourth-order valence-corrected chi connectivity index (χ4v) is 3.34. The van der Waals surface area contributed by atoms with Gasteiger partial charge in [0.1, 0.15) is 5.69 Å². The van der Waals surface area contributed by atoms with Gasteiger partial charge in [0.2, 0.25) is 5.78 Å². The molecule has 6 heteroatoms. The highest BCUT2D eigenvalue weighted by atomic mass is 35.5. The molecule has 0 amide bonds. The van der Waals surface area contributed by atoms with E-state index in [0.29, 0.717) is 34.3 Å². The van der Waals surface area contributed by atoms with Gasteiger partial charge in [-0.2, -0.15) is 0 Å². The fourth-order valence-electron chi connectivity index (χ4n) is 2.85. The van der Waals surface area contributed by atoms with Crippen LogP contribution in [0.25, 0.3) is 0 Å². The monoisotopic (exact) mass is 337 g/mol. The molecule has 1 aliphatic rings. The molecule has 0 fully saturated rings. The molecule has 1 aromatic carbocycles. The quantitative estimate of drug-likeness (QED) is 0.634. The summed E-state index contributed by atoms with van der Waals surface area (Å²) in [7, 11) is 1.35. The van der Waals surface area contributed by atoms with Crippen molar-refractivity contribution < 1.29 is 14.3 Å². The van der Waals surface area contributed by atoms with Gasteiger partial charge < -0.3 is 9.30 Å². The van der Waals surface area contributed by atoms with Crippen LogP contribution < -0.4 is 0 Å². The van der Waals surface area contributed by atoms with Gasteiger partial charge in [-0.15, -0.1) is 0 Å². The first-order valence-corrected chi connectivity index (χ1v) is 7.55. The van der Waals surface area contributed by atoms with E-state index in [9.17, 15) is 9.59 Å². The Morgan fingerprint density at radius 3 is 2.73 bits per heavy atom. The number of hydrogen-bond acceptors (Lipinski definition) is 3. The Morgan fingerprint density at radius 1 is 1.27 bits per heavy atom. The molecule has 1 aliphatic heterocycles. The van der Waals surface area contributed by atoms with E-state index in [1.165, 1.54) is 7.11 Å². The Labute approximate surface area is 137 Å². The zero-order valence-corrected chi connectivity index (χ0v) is 13.3. The highest BCUT2D eigenvalue weighted by Crippen LogP contribution is 2.36. The second-order valence-electron chi connectivity index (χ2n) is 5.12. The number of fused-ring (bicyclic) bond motifs is 1. The van der Waals surface area contributed by atoms with Crippen LogP contribution in [-0.2, 0) is 16.1 Å². The molecule has 0 N–H and O–H groups in total. The van der Waals surface area contributed by atoms with E-state index >= 15 is 0 Å². The summed E-state index contributed by atoms with van der Waals surface area (Å²) in [5.74, 6) is -0.887. The van der Waals surface area contributed by atoms with Crippen molar-refractivity contribution >= 4 is 35.0 Å². The fraction of sp³-hybridized carbons (Fsp3) is 0.250. The smallest absolute Gasteiger partial charge is 0.314 e. The second kappa shape index (κ2) is 5.78. The van der Waals surface area contributed by atoms with Gasteiger partial charge in [-0.25, -0.2) is 0 Å². The van der Waals surface area contributed by atoms with Crippen LogP contribution >= 0.6 is 23.2 Å². The summed E-state index contributed by atoms with van der Waals surface area (Å²) in [6.07, 6.45) is 0.606. The zero-order chi connectivity index (χ0) is 15.9. The van der Waals surface area contributed by atoms with Crippen molar-refractivity contribution in [1.82, 2.24) is 4.57 Å². The first-order valence-electron chi connectivity index (χ1n) is 6.80. The molecule has 1 unspecified atom stereocenters. The molecule has 2 heterocycles. The van der Waals surface area contributed by atoms with Crippen LogP contribution in [-0.4, -0.2) is 23.4 Å². The van der Waals surface area contributed by atoms with Gasteiger partial charge in [0.15, 0.2) is 0 Å². The van der Waals surface area contributed by atoms with Gasteiger partial charge in [-0.1, -0.05) is 35.3 Å². The molecule has 22 heavy (non-hydrogen) atoms. The Morgan fingerprint density at radius 2 is 2.05 bits per heavy atom. The highest BCUT2D eigenvalue weighted by Gasteiger charge is 2.34. The maximum Gasteiger partial charge on any atom is 0.314 e. The summed E-state index contributed by atoms with van der Waals surface area (Å²) in [4.78, 5) is 24.5. The third kappa shape index (κ3) is 2.42. The first-order chi connectivity index (χ1) is 10.5. The number of rotatable bonds is 3. The number of esters is 1. The van der Waals surface area contributed by atoms with Gasteiger partial charge in [0.05, 0.1) is 18.1 Å². The Balaban J connectivity index is 2.03. The lowest BCUT2D eigenvalue weighted by molar-refractivity contribution is -0.142. The SMILES string of the molecule is COC(=O)C1CCn2c1cc(Cl)c2C(=O)c1cccc(Cl)c1. The molecule has 4 nitrogen and oxygen atoms in total. The molecular weight excluding hydrogens is 325 g/mol. The second-order valence-corrected chi connectivity index (χ2v) is 5.96. The van der Waals surface area contributed by atoms with Gasteiger partial charge in [0, 0.05) is 22.8 Å². The van der Waals surface area contributed by atoms with Crippen molar-refractivity contribution in [2.75, 3.05) is 7.11 Å². The molecule has 1 aromatic heterocycles. The maximum atomic E-state index is 12.7. The summed E-state index contributed by atoms with van der Waals surface area (Å²) >= 11 is 12.2. The van der Waals surface area contributed by atoms with E-state index in [1.807, 2.05) is 0 Å². The lowest BCUT2D eigenvalue weighted by Crippen LogP contribution is -2.11. The molecule has 3 rings (SSSR count).